The van der Waals surface area contributed by atoms with Crippen LogP contribution in [0.4, 0.5) is 0 Å². The predicted octanol–water partition coefficient (Wildman–Crippen LogP) is 23.3. The first-order chi connectivity index (χ1) is 49.7. The fourth-order valence-electron chi connectivity index (χ4n) is 10.6. The molecule has 5 atom stereocenters. The van der Waals surface area contributed by atoms with Gasteiger partial charge in [0.15, 0.2) is 12.2 Å². The Balaban J connectivity index is 5.36. The molecule has 0 aliphatic rings. The van der Waals surface area contributed by atoms with Crippen molar-refractivity contribution in [2.24, 2.45) is 0 Å². The zero-order valence-corrected chi connectivity index (χ0v) is 66.0. The molecule has 17 nitrogen and oxygen atoms in total. The standard InChI is InChI=1S/C83H144O17P2/c1-5-9-13-17-21-25-29-32-34-36-38-40-42-45-49-52-56-60-64-68-81(86)94-74-79(100-83(88)70-66-62-58-54-50-46-43-41-39-37-35-33-30-26-22-18-14-10-6-2)76-98-102(91,92)96-72-77(84)71-95-101(89,90)97-75-78(99-82(87)69-65-61-57-53-47-28-24-20-16-12-8-4)73-93-80(85)67-63-59-55-51-48-44-31-27-23-19-15-11-7-3/h9,13,15,19,21-22,25-27,31-35,38-41,77-79,84H,5-8,10-12,14,16-18,20,23-24,28-30,36-37,42-76H2,1-4H3,(H,89,90)(H,91,92)/b13-9-,19-15-,25-21-,26-22-,31-27-,34-32-,35-33-,40-38-,41-39-. The first kappa shape index (κ1) is 97.7. The topological polar surface area (TPSA) is 237 Å². The number of carbonyl (C=O) groups is 4. The van der Waals surface area contributed by atoms with Crippen LogP contribution in [0.15, 0.2) is 109 Å². The highest BCUT2D eigenvalue weighted by atomic mass is 31.2. The van der Waals surface area contributed by atoms with Crippen molar-refractivity contribution < 1.29 is 80.2 Å². The second-order valence-corrected chi connectivity index (χ2v) is 29.5. The van der Waals surface area contributed by atoms with Gasteiger partial charge < -0.3 is 33.8 Å². The first-order valence-electron chi connectivity index (χ1n) is 40.1. The lowest BCUT2D eigenvalue weighted by Crippen LogP contribution is -2.30. The van der Waals surface area contributed by atoms with Crippen LogP contribution in [0.3, 0.4) is 0 Å². The van der Waals surface area contributed by atoms with Gasteiger partial charge in [0.1, 0.15) is 19.3 Å². The lowest BCUT2D eigenvalue weighted by atomic mass is 10.1. The van der Waals surface area contributed by atoms with Crippen molar-refractivity contribution in [1.29, 1.82) is 0 Å². The molecule has 0 amide bonds. The van der Waals surface area contributed by atoms with Crippen molar-refractivity contribution >= 4 is 39.5 Å². The molecule has 0 bridgehead atoms. The summed E-state index contributed by atoms with van der Waals surface area (Å²) in [5.41, 5.74) is 0. The maximum Gasteiger partial charge on any atom is 0.472 e. The molecular weight excluding hydrogens is 1330 g/mol. The minimum atomic E-state index is -4.99. The SMILES string of the molecule is CC/C=C\C/C=C\C/C=C\C/C=C\CCCCCCCCC(=O)OCC(COP(=O)(O)OCC(O)COP(=O)(O)OCC(COC(=O)CCCCCCC/C=C\C/C=C\CCC)OC(=O)CCCCCCCCCCCCC)OC(=O)CCCCCCCC/C=C\C/C=C\C/C=C\CCCCC. The van der Waals surface area contributed by atoms with Crippen molar-refractivity contribution in [3.63, 3.8) is 0 Å². The third-order valence-electron chi connectivity index (χ3n) is 16.7. The van der Waals surface area contributed by atoms with Crippen LogP contribution < -0.4 is 0 Å². The lowest BCUT2D eigenvalue weighted by Gasteiger charge is -2.21. The molecule has 0 radical (unpaired) electrons. The number of unbranched alkanes of at least 4 members (excludes halogenated alkanes) is 31. The maximum absolute atomic E-state index is 13.1. The highest BCUT2D eigenvalue weighted by molar-refractivity contribution is 7.47. The van der Waals surface area contributed by atoms with Gasteiger partial charge >= 0.3 is 39.5 Å². The molecule has 5 unspecified atom stereocenters. The average Bonchev–Trinajstić information content (AvgIpc) is 0.940. The van der Waals surface area contributed by atoms with Gasteiger partial charge in [0.2, 0.25) is 0 Å². The van der Waals surface area contributed by atoms with E-state index in [1.165, 1.54) is 57.8 Å². The zero-order valence-electron chi connectivity index (χ0n) is 64.3. The summed E-state index contributed by atoms with van der Waals surface area (Å²) in [6.07, 6.45) is 80.6. The fraction of sp³-hybridized carbons (Fsp3) is 0.735. The molecule has 0 saturated carbocycles. The Morgan fingerprint density at radius 3 is 0.843 bits per heavy atom. The molecule has 3 N–H and O–H groups in total. The highest BCUT2D eigenvalue weighted by Crippen LogP contribution is 2.45. The molecule has 0 aliphatic carbocycles. The first-order valence-corrected chi connectivity index (χ1v) is 43.1. The van der Waals surface area contributed by atoms with Gasteiger partial charge in [0.25, 0.3) is 0 Å². The molecule has 0 aromatic rings. The molecule has 0 fully saturated rings. The van der Waals surface area contributed by atoms with Gasteiger partial charge in [-0.3, -0.25) is 37.3 Å². The quantitative estimate of drug-likeness (QED) is 0.0169. The van der Waals surface area contributed by atoms with Crippen LogP contribution in [0.5, 0.6) is 0 Å². The van der Waals surface area contributed by atoms with E-state index in [1.807, 2.05) is 0 Å². The van der Waals surface area contributed by atoms with Gasteiger partial charge in [-0.1, -0.05) is 291 Å². The Morgan fingerprint density at radius 2 is 0.529 bits per heavy atom. The van der Waals surface area contributed by atoms with Crippen LogP contribution in [-0.2, 0) is 65.4 Å². The van der Waals surface area contributed by atoms with Crippen LogP contribution in [0.25, 0.3) is 0 Å². The van der Waals surface area contributed by atoms with Crippen molar-refractivity contribution in [1.82, 2.24) is 0 Å². The summed E-state index contributed by atoms with van der Waals surface area (Å²) < 4.78 is 68.6. The third-order valence-corrected chi connectivity index (χ3v) is 18.6. The summed E-state index contributed by atoms with van der Waals surface area (Å²) in [4.78, 5) is 73.0. The number of phosphoric acid groups is 2. The number of hydrogen-bond donors (Lipinski definition) is 3. The van der Waals surface area contributed by atoms with Crippen molar-refractivity contribution in [2.45, 2.75) is 354 Å². The van der Waals surface area contributed by atoms with Gasteiger partial charge in [-0.05, 0) is 128 Å². The molecule has 102 heavy (non-hydrogen) atoms. The van der Waals surface area contributed by atoms with E-state index in [2.05, 4.69) is 137 Å². The number of rotatable bonds is 75. The van der Waals surface area contributed by atoms with Gasteiger partial charge in [-0.25, -0.2) is 9.13 Å². The summed E-state index contributed by atoms with van der Waals surface area (Å²) in [6, 6.07) is 0. The largest absolute Gasteiger partial charge is 0.472 e. The maximum atomic E-state index is 13.1. The molecule has 588 valence electrons. The van der Waals surface area contributed by atoms with Gasteiger partial charge in [0.05, 0.1) is 26.4 Å². The van der Waals surface area contributed by atoms with Gasteiger partial charge in [-0.15, -0.1) is 0 Å². The number of carbonyl (C=O) groups excluding carboxylic acids is 4. The van der Waals surface area contributed by atoms with Crippen molar-refractivity contribution in [2.75, 3.05) is 39.6 Å². The molecule has 0 heterocycles. The van der Waals surface area contributed by atoms with Crippen LogP contribution in [-0.4, -0.2) is 96.7 Å². The number of ether oxygens (including phenoxy) is 4. The summed E-state index contributed by atoms with van der Waals surface area (Å²) in [5.74, 6) is -2.21. The minimum Gasteiger partial charge on any atom is -0.462 e. The predicted molar refractivity (Wildman–Crippen MR) is 418 cm³/mol. The molecule has 0 saturated heterocycles. The smallest absolute Gasteiger partial charge is 0.462 e. The molecule has 0 aromatic heterocycles. The van der Waals surface area contributed by atoms with E-state index in [1.54, 1.807) is 0 Å². The molecule has 19 heteroatoms. The second kappa shape index (κ2) is 75.0. The number of aliphatic hydroxyl groups excluding tert-OH is 1. The average molecular weight is 1480 g/mol. The molecular formula is C83H144O17P2. The molecule has 0 aromatic carbocycles. The Bertz CT molecular complexity index is 2360. The number of esters is 4. The van der Waals surface area contributed by atoms with E-state index in [4.69, 9.17) is 37.0 Å². The summed E-state index contributed by atoms with van der Waals surface area (Å²) in [5, 5.41) is 10.6. The molecule has 0 spiro atoms. The van der Waals surface area contributed by atoms with Gasteiger partial charge in [-0.2, -0.15) is 0 Å². The zero-order chi connectivity index (χ0) is 74.6. The monoisotopic (exact) mass is 1470 g/mol. The number of hydrogen-bond acceptors (Lipinski definition) is 15. The van der Waals surface area contributed by atoms with Gasteiger partial charge in [0, 0.05) is 25.7 Å². The van der Waals surface area contributed by atoms with Crippen molar-refractivity contribution in [3.05, 3.63) is 109 Å². The Labute approximate surface area is 619 Å². The highest BCUT2D eigenvalue weighted by Gasteiger charge is 2.30. The van der Waals surface area contributed by atoms with E-state index in [9.17, 15) is 43.2 Å². The number of aliphatic hydroxyl groups is 1. The normalized spacial score (nSPS) is 14.5. The van der Waals surface area contributed by atoms with Crippen LogP contribution in [0, 0.1) is 0 Å². The molecule has 0 rings (SSSR count). The van der Waals surface area contributed by atoms with Crippen LogP contribution in [0.1, 0.15) is 336 Å². The number of allylic oxidation sites excluding steroid dienone is 18. The third kappa shape index (κ3) is 74.0. The molecule has 0 aliphatic heterocycles. The van der Waals surface area contributed by atoms with Crippen LogP contribution >= 0.6 is 15.6 Å². The summed E-state index contributed by atoms with van der Waals surface area (Å²) in [6.45, 7) is 4.65. The van der Waals surface area contributed by atoms with E-state index >= 15 is 0 Å². The minimum absolute atomic E-state index is 0.0760. The van der Waals surface area contributed by atoms with E-state index in [-0.39, 0.29) is 25.7 Å². The fourth-order valence-corrected chi connectivity index (χ4v) is 12.2. The van der Waals surface area contributed by atoms with Crippen LogP contribution in [0.2, 0.25) is 0 Å². The number of phosphoric ester groups is 2. The van der Waals surface area contributed by atoms with E-state index < -0.39 is 97.5 Å². The lowest BCUT2D eigenvalue weighted by molar-refractivity contribution is -0.161. The summed E-state index contributed by atoms with van der Waals surface area (Å²) in [7, 11) is -9.96. The Morgan fingerprint density at radius 1 is 0.284 bits per heavy atom. The summed E-state index contributed by atoms with van der Waals surface area (Å²) >= 11 is 0. The van der Waals surface area contributed by atoms with E-state index in [0.29, 0.717) is 25.7 Å². The Hall–Kier alpha value is -4.28. The van der Waals surface area contributed by atoms with Crippen molar-refractivity contribution in [3.8, 4) is 0 Å². The van der Waals surface area contributed by atoms with E-state index in [0.717, 1.165) is 199 Å². The second-order valence-electron chi connectivity index (χ2n) is 26.6. The Kier molecular flexibility index (Phi) is 71.8.